The van der Waals surface area contributed by atoms with Crippen molar-refractivity contribution in [3.63, 3.8) is 0 Å². The van der Waals surface area contributed by atoms with Crippen LogP contribution >= 0.6 is 0 Å². The van der Waals surface area contributed by atoms with E-state index in [2.05, 4.69) is 9.98 Å². The third-order valence-corrected chi connectivity index (χ3v) is 2.00. The minimum absolute atomic E-state index is 0.117. The molecule has 1 aromatic carbocycles. The smallest absolute Gasteiger partial charge is 0.272 e. The van der Waals surface area contributed by atoms with E-state index in [-0.39, 0.29) is 17.7 Å². The standard InChI is InChI=1S/C11H15F2N5O2/c1-19-7-3-2-6(17-11(16)18-10(14)15)4-8(7)20-5-9(12)13/h2-4,9H,5H2,1H3,(H6,14,15,16,17,18). The number of aliphatic imine (C=N–C) groups is 2. The molecule has 0 amide bonds. The van der Waals surface area contributed by atoms with Crippen LogP contribution in [0.1, 0.15) is 0 Å². The molecule has 0 aliphatic rings. The van der Waals surface area contributed by atoms with Crippen LogP contribution in [0, 0.1) is 0 Å². The second-order valence-corrected chi connectivity index (χ2v) is 3.54. The fourth-order valence-corrected chi connectivity index (χ4v) is 1.29. The van der Waals surface area contributed by atoms with Crippen LogP contribution in [0.2, 0.25) is 0 Å². The summed E-state index contributed by atoms with van der Waals surface area (Å²) in [5, 5.41) is 0. The quantitative estimate of drug-likeness (QED) is 0.539. The summed E-state index contributed by atoms with van der Waals surface area (Å²) in [6, 6.07) is 4.43. The molecule has 1 rings (SSSR count). The van der Waals surface area contributed by atoms with Crippen LogP contribution in [0.5, 0.6) is 11.5 Å². The highest BCUT2D eigenvalue weighted by atomic mass is 19.3. The third kappa shape index (κ3) is 4.96. The fourth-order valence-electron chi connectivity index (χ4n) is 1.29. The van der Waals surface area contributed by atoms with Crippen LogP contribution in [0.3, 0.4) is 0 Å². The molecule has 0 atom stereocenters. The lowest BCUT2D eigenvalue weighted by Gasteiger charge is -2.10. The third-order valence-electron chi connectivity index (χ3n) is 2.00. The zero-order chi connectivity index (χ0) is 15.1. The van der Waals surface area contributed by atoms with Crippen molar-refractivity contribution in [2.45, 2.75) is 6.43 Å². The first-order valence-corrected chi connectivity index (χ1v) is 5.45. The molecule has 1 aromatic rings. The van der Waals surface area contributed by atoms with E-state index in [1.54, 1.807) is 6.07 Å². The summed E-state index contributed by atoms with van der Waals surface area (Å²) in [6.07, 6.45) is -2.60. The largest absolute Gasteiger partial charge is 0.493 e. The van der Waals surface area contributed by atoms with Gasteiger partial charge in [0.05, 0.1) is 12.8 Å². The van der Waals surface area contributed by atoms with Gasteiger partial charge in [-0.15, -0.1) is 0 Å². The van der Waals surface area contributed by atoms with E-state index < -0.39 is 13.0 Å². The number of benzene rings is 1. The number of halogens is 2. The van der Waals surface area contributed by atoms with Crippen LogP contribution in [0.25, 0.3) is 0 Å². The van der Waals surface area contributed by atoms with Crippen molar-refractivity contribution in [2.24, 2.45) is 27.2 Å². The summed E-state index contributed by atoms with van der Waals surface area (Å²) in [4.78, 5) is 7.41. The number of hydrogen-bond donors (Lipinski definition) is 3. The van der Waals surface area contributed by atoms with Gasteiger partial charge in [-0.1, -0.05) is 0 Å². The molecule has 6 N–H and O–H groups in total. The maximum atomic E-state index is 12.2. The summed E-state index contributed by atoms with van der Waals surface area (Å²) in [5.41, 5.74) is 16.1. The molecule has 0 aliphatic heterocycles. The molecule has 0 radical (unpaired) electrons. The molecule has 0 unspecified atom stereocenters. The molecular weight excluding hydrogens is 272 g/mol. The lowest BCUT2D eigenvalue weighted by Crippen LogP contribution is -2.26. The van der Waals surface area contributed by atoms with Gasteiger partial charge in [-0.05, 0) is 12.1 Å². The number of alkyl halides is 2. The van der Waals surface area contributed by atoms with Crippen molar-refractivity contribution in [3.05, 3.63) is 18.2 Å². The Balaban J connectivity index is 3.00. The van der Waals surface area contributed by atoms with Crippen LogP contribution in [0.15, 0.2) is 28.2 Å². The molecule has 0 aliphatic carbocycles. The molecular formula is C11H15F2N5O2. The van der Waals surface area contributed by atoms with Gasteiger partial charge < -0.3 is 26.7 Å². The summed E-state index contributed by atoms with van der Waals surface area (Å²) in [5.74, 6) is 0.000438. The Labute approximate surface area is 114 Å². The predicted octanol–water partition coefficient (Wildman–Crippen LogP) is 0.559. The molecule has 7 nitrogen and oxygen atoms in total. The van der Waals surface area contributed by atoms with Crippen molar-refractivity contribution in [3.8, 4) is 11.5 Å². The lowest BCUT2D eigenvalue weighted by atomic mass is 10.3. The Kier molecular flexibility index (Phi) is 5.51. The van der Waals surface area contributed by atoms with Gasteiger partial charge >= 0.3 is 0 Å². The van der Waals surface area contributed by atoms with Crippen LogP contribution in [-0.2, 0) is 0 Å². The Morgan fingerprint density at radius 1 is 1.25 bits per heavy atom. The van der Waals surface area contributed by atoms with E-state index in [1.807, 2.05) is 0 Å². The minimum Gasteiger partial charge on any atom is -0.493 e. The molecule has 0 heterocycles. The van der Waals surface area contributed by atoms with Crippen molar-refractivity contribution in [1.29, 1.82) is 0 Å². The van der Waals surface area contributed by atoms with E-state index in [9.17, 15) is 8.78 Å². The molecule has 0 saturated heterocycles. The zero-order valence-electron chi connectivity index (χ0n) is 10.7. The highest BCUT2D eigenvalue weighted by Crippen LogP contribution is 2.31. The van der Waals surface area contributed by atoms with E-state index >= 15 is 0 Å². The predicted molar refractivity (Wildman–Crippen MR) is 71.6 cm³/mol. The summed E-state index contributed by atoms with van der Waals surface area (Å²) < 4.78 is 34.2. The molecule has 110 valence electrons. The number of nitrogens with two attached hydrogens (primary N) is 3. The van der Waals surface area contributed by atoms with Gasteiger partial charge in [-0.2, -0.15) is 4.99 Å². The Bertz CT molecular complexity index is 516. The van der Waals surface area contributed by atoms with Crippen molar-refractivity contribution >= 4 is 17.6 Å². The Hall–Kier alpha value is -2.58. The number of nitrogens with zero attached hydrogens (tertiary/aromatic N) is 2. The zero-order valence-corrected chi connectivity index (χ0v) is 10.7. The average molecular weight is 287 g/mol. The van der Waals surface area contributed by atoms with E-state index in [4.69, 9.17) is 26.7 Å². The van der Waals surface area contributed by atoms with Crippen LogP contribution < -0.4 is 26.7 Å². The van der Waals surface area contributed by atoms with Gasteiger partial charge in [0.25, 0.3) is 6.43 Å². The summed E-state index contributed by atoms with van der Waals surface area (Å²) in [6.45, 7) is -0.757. The second kappa shape index (κ2) is 7.12. The highest BCUT2D eigenvalue weighted by molar-refractivity contribution is 5.93. The number of ether oxygens (including phenoxy) is 2. The highest BCUT2D eigenvalue weighted by Gasteiger charge is 2.09. The molecule has 0 saturated carbocycles. The SMILES string of the molecule is COc1ccc(N=C(N)N=C(N)N)cc1OCC(F)F. The van der Waals surface area contributed by atoms with E-state index in [0.29, 0.717) is 11.4 Å². The topological polar surface area (TPSA) is 121 Å². The Morgan fingerprint density at radius 3 is 2.50 bits per heavy atom. The van der Waals surface area contributed by atoms with Gasteiger partial charge in [0, 0.05) is 6.07 Å². The molecule has 0 spiro atoms. The first-order chi connectivity index (χ1) is 9.42. The maximum Gasteiger partial charge on any atom is 0.272 e. The Morgan fingerprint density at radius 2 is 1.95 bits per heavy atom. The molecule has 0 aromatic heterocycles. The van der Waals surface area contributed by atoms with E-state index in [0.717, 1.165) is 0 Å². The second-order valence-electron chi connectivity index (χ2n) is 3.54. The van der Waals surface area contributed by atoms with Crippen molar-refractivity contribution in [2.75, 3.05) is 13.7 Å². The van der Waals surface area contributed by atoms with Gasteiger partial charge in [-0.25, -0.2) is 13.8 Å². The average Bonchev–Trinajstić information content (AvgIpc) is 2.35. The summed E-state index contributed by atoms with van der Waals surface area (Å²) >= 11 is 0. The number of hydrogen-bond acceptors (Lipinski definition) is 3. The number of rotatable bonds is 5. The van der Waals surface area contributed by atoms with Gasteiger partial charge in [0.1, 0.15) is 6.61 Å². The van der Waals surface area contributed by atoms with Gasteiger partial charge in [-0.3, -0.25) is 0 Å². The minimum atomic E-state index is -2.60. The van der Waals surface area contributed by atoms with Gasteiger partial charge in [0.2, 0.25) is 5.96 Å². The monoisotopic (exact) mass is 287 g/mol. The molecule has 20 heavy (non-hydrogen) atoms. The number of methoxy groups -OCH3 is 1. The molecule has 9 heteroatoms. The lowest BCUT2D eigenvalue weighted by molar-refractivity contribution is 0.0805. The normalized spacial score (nSPS) is 11.3. The van der Waals surface area contributed by atoms with Crippen molar-refractivity contribution < 1.29 is 18.3 Å². The first kappa shape index (κ1) is 15.5. The first-order valence-electron chi connectivity index (χ1n) is 5.45. The summed E-state index contributed by atoms with van der Waals surface area (Å²) in [7, 11) is 1.39. The van der Waals surface area contributed by atoms with Crippen molar-refractivity contribution in [1.82, 2.24) is 0 Å². The maximum absolute atomic E-state index is 12.2. The fraction of sp³-hybridized carbons (Fsp3) is 0.273. The van der Waals surface area contributed by atoms with Gasteiger partial charge in [0.15, 0.2) is 17.5 Å². The van der Waals surface area contributed by atoms with E-state index in [1.165, 1.54) is 19.2 Å². The van der Waals surface area contributed by atoms with Crippen LogP contribution in [0.4, 0.5) is 14.5 Å². The molecule has 0 fully saturated rings. The number of guanidine groups is 2. The molecule has 0 bridgehead atoms. The van der Waals surface area contributed by atoms with Crippen LogP contribution in [-0.4, -0.2) is 32.1 Å².